The van der Waals surface area contributed by atoms with Crippen LogP contribution in [0.3, 0.4) is 0 Å². The maximum Gasteiger partial charge on any atom is 0.331 e. The third kappa shape index (κ3) is 6.08. The van der Waals surface area contributed by atoms with Crippen LogP contribution in [0.2, 0.25) is 0 Å². The highest BCUT2D eigenvalue weighted by atomic mass is 16.6. The van der Waals surface area contributed by atoms with Gasteiger partial charge >= 0.3 is 11.9 Å². The second-order valence-corrected chi connectivity index (χ2v) is 10.6. The monoisotopic (exact) mass is 622 g/mol. The molecule has 0 fully saturated rings. The number of ether oxygens (including phenoxy) is 7. The lowest BCUT2D eigenvalue weighted by Crippen LogP contribution is -2.46. The second-order valence-electron chi connectivity index (χ2n) is 10.6. The summed E-state index contributed by atoms with van der Waals surface area (Å²) >= 11 is 0. The lowest BCUT2D eigenvalue weighted by molar-refractivity contribution is -0.181. The zero-order chi connectivity index (χ0) is 33.1. The summed E-state index contributed by atoms with van der Waals surface area (Å²) in [5.74, 6) is -2.13. The Morgan fingerprint density at radius 3 is 1.93 bits per heavy atom. The number of carbonyl (C=O) groups is 2. The van der Waals surface area contributed by atoms with Crippen LogP contribution in [0.5, 0.6) is 34.5 Å². The van der Waals surface area contributed by atoms with E-state index in [9.17, 15) is 19.8 Å². The first-order valence-corrected chi connectivity index (χ1v) is 14.1. The van der Waals surface area contributed by atoms with Crippen molar-refractivity contribution in [2.24, 2.45) is 5.92 Å². The Kier molecular flexibility index (Phi) is 9.82. The number of methoxy groups -OCH3 is 5. The molecular formula is C34H38O11. The quantitative estimate of drug-likeness (QED) is 0.234. The molecule has 11 nitrogen and oxygen atoms in total. The van der Waals surface area contributed by atoms with Crippen LogP contribution in [0, 0.1) is 5.92 Å². The summed E-state index contributed by atoms with van der Waals surface area (Å²) in [6.07, 6.45) is 0.224. The Morgan fingerprint density at radius 1 is 0.800 bits per heavy atom. The Labute approximate surface area is 261 Å². The molecule has 1 aliphatic rings. The van der Waals surface area contributed by atoms with Gasteiger partial charge in [0, 0.05) is 41.2 Å². The highest BCUT2D eigenvalue weighted by Gasteiger charge is 2.51. The van der Waals surface area contributed by atoms with Crippen LogP contribution in [-0.2, 0) is 19.1 Å². The van der Waals surface area contributed by atoms with E-state index in [1.165, 1.54) is 61.5 Å². The predicted octanol–water partition coefficient (Wildman–Crippen LogP) is 5.40. The maximum atomic E-state index is 13.4. The molecule has 0 unspecified atom stereocenters. The summed E-state index contributed by atoms with van der Waals surface area (Å²) in [4.78, 5) is 25.9. The van der Waals surface area contributed by atoms with Gasteiger partial charge in [0.2, 0.25) is 11.5 Å². The summed E-state index contributed by atoms with van der Waals surface area (Å²) in [7, 11) is 7.00. The van der Waals surface area contributed by atoms with Gasteiger partial charge in [0.25, 0.3) is 0 Å². The summed E-state index contributed by atoms with van der Waals surface area (Å²) < 4.78 is 40.0. The smallest absolute Gasteiger partial charge is 0.331 e. The molecule has 0 spiro atoms. The van der Waals surface area contributed by atoms with E-state index in [1.54, 1.807) is 19.1 Å². The van der Waals surface area contributed by atoms with Crippen LogP contribution in [0.1, 0.15) is 49.7 Å². The van der Waals surface area contributed by atoms with Gasteiger partial charge < -0.3 is 43.4 Å². The zero-order valence-electron chi connectivity index (χ0n) is 26.5. The number of phenolic OH excluding ortho intramolecular Hbond substituents is 1. The molecule has 3 aromatic carbocycles. The van der Waals surface area contributed by atoms with Gasteiger partial charge in [-0.3, -0.25) is 4.79 Å². The van der Waals surface area contributed by atoms with Gasteiger partial charge in [0.15, 0.2) is 29.1 Å². The van der Waals surface area contributed by atoms with Gasteiger partial charge in [-0.15, -0.1) is 0 Å². The fourth-order valence-electron chi connectivity index (χ4n) is 5.66. The van der Waals surface area contributed by atoms with Crippen molar-refractivity contribution in [2.45, 2.75) is 38.6 Å². The molecule has 240 valence electrons. The molecule has 1 aliphatic carbocycles. The number of hydrogen-bond acceptors (Lipinski definition) is 11. The number of phenols is 1. The molecule has 45 heavy (non-hydrogen) atoms. The van der Waals surface area contributed by atoms with Crippen LogP contribution >= 0.6 is 0 Å². The predicted molar refractivity (Wildman–Crippen MR) is 165 cm³/mol. The van der Waals surface area contributed by atoms with E-state index < -0.39 is 41.4 Å². The highest BCUT2D eigenvalue weighted by molar-refractivity contribution is 5.90. The van der Waals surface area contributed by atoms with Gasteiger partial charge in [0.05, 0.1) is 35.5 Å². The molecule has 0 radical (unpaired) electrons. The average molecular weight is 623 g/mol. The van der Waals surface area contributed by atoms with E-state index in [2.05, 4.69) is 0 Å². The van der Waals surface area contributed by atoms with Gasteiger partial charge in [-0.1, -0.05) is 37.3 Å². The minimum atomic E-state index is -1.91. The summed E-state index contributed by atoms with van der Waals surface area (Å²) in [6.45, 7) is 4.36. The molecule has 3 aromatic rings. The molecule has 0 heterocycles. The fraction of sp³-hybridized carbons (Fsp3) is 0.353. The SMILES string of the molecule is COc1cc2c(c(O)c1OC)-c1c(cc(OC)c(OC)c1OC)[C@H](OC(C)=O)[C@H](C)[C@@](C)(O)[C@H]2OC(=O)/C=C\c1ccccc1. The van der Waals surface area contributed by atoms with Crippen LogP contribution in [-0.4, -0.2) is 63.3 Å². The molecule has 0 saturated carbocycles. The molecule has 0 aromatic heterocycles. The number of rotatable bonds is 9. The second kappa shape index (κ2) is 13.4. The Morgan fingerprint density at radius 2 is 1.38 bits per heavy atom. The molecule has 2 N–H and O–H groups in total. The Hall–Kier alpha value is -4.90. The number of fused-ring (bicyclic) bond motifs is 3. The maximum absolute atomic E-state index is 13.4. The third-order valence-corrected chi connectivity index (χ3v) is 8.02. The van der Waals surface area contributed by atoms with Crippen molar-refractivity contribution < 1.29 is 53.0 Å². The van der Waals surface area contributed by atoms with Crippen LogP contribution in [0.25, 0.3) is 17.2 Å². The lowest BCUT2D eigenvalue weighted by Gasteiger charge is -2.43. The van der Waals surface area contributed by atoms with E-state index in [-0.39, 0.29) is 45.4 Å². The normalized spacial score (nSPS) is 20.6. The van der Waals surface area contributed by atoms with Crippen molar-refractivity contribution in [1.29, 1.82) is 0 Å². The molecular weight excluding hydrogens is 584 g/mol. The van der Waals surface area contributed by atoms with Crippen molar-refractivity contribution in [3.8, 4) is 45.6 Å². The molecule has 4 rings (SSSR count). The molecule has 4 atom stereocenters. The molecule has 0 amide bonds. The van der Waals surface area contributed by atoms with Gasteiger partial charge in [0.1, 0.15) is 11.7 Å². The van der Waals surface area contributed by atoms with Crippen molar-refractivity contribution in [3.63, 3.8) is 0 Å². The first kappa shape index (κ1) is 33.0. The standard InChI is InChI=1S/C34H38O11/c1-18-29(44-19(2)35)21-16-24(40-5)31(42-7)32(43-8)27(21)26-22(17-23(39-4)30(41-6)28(26)37)33(34(18,3)38)45-25(36)15-14-20-12-10-9-11-13-20/h9-18,29,33,37-38H,1-8H3/b15-14-/t18-,29+,33-,34+/m0/s1. The Balaban J connectivity index is 2.13. The van der Waals surface area contributed by atoms with E-state index >= 15 is 0 Å². The first-order valence-electron chi connectivity index (χ1n) is 14.1. The number of esters is 2. The highest BCUT2D eigenvalue weighted by Crippen LogP contribution is 2.60. The van der Waals surface area contributed by atoms with Gasteiger partial charge in [-0.25, -0.2) is 4.79 Å². The average Bonchev–Trinajstić information content (AvgIpc) is 3.03. The lowest BCUT2D eigenvalue weighted by atomic mass is 9.71. The van der Waals surface area contributed by atoms with Crippen LogP contribution in [0.4, 0.5) is 0 Å². The largest absolute Gasteiger partial charge is 0.504 e. The van der Waals surface area contributed by atoms with Crippen molar-refractivity contribution in [1.82, 2.24) is 0 Å². The summed E-state index contributed by atoms with van der Waals surface area (Å²) in [5.41, 5.74) is -0.365. The topological polar surface area (TPSA) is 139 Å². The Bertz CT molecular complexity index is 1590. The van der Waals surface area contributed by atoms with Gasteiger partial charge in [-0.2, -0.15) is 0 Å². The number of hydrogen-bond donors (Lipinski definition) is 2. The van der Waals surface area contributed by atoms with E-state index in [0.717, 1.165) is 5.56 Å². The van der Waals surface area contributed by atoms with Crippen LogP contribution in [0.15, 0.2) is 48.5 Å². The summed E-state index contributed by atoms with van der Waals surface area (Å²) in [5, 5.41) is 24.2. The number of benzene rings is 3. The van der Waals surface area contributed by atoms with E-state index in [4.69, 9.17) is 33.2 Å². The number of aliphatic hydroxyl groups is 1. The molecule has 0 bridgehead atoms. The first-order chi connectivity index (χ1) is 21.4. The molecule has 0 saturated heterocycles. The van der Waals surface area contributed by atoms with Crippen LogP contribution < -0.4 is 23.7 Å². The number of aromatic hydroxyl groups is 1. The fourth-order valence-corrected chi connectivity index (χ4v) is 5.66. The minimum absolute atomic E-state index is 0.0367. The molecule has 11 heteroatoms. The zero-order valence-corrected chi connectivity index (χ0v) is 26.5. The molecule has 0 aliphatic heterocycles. The van der Waals surface area contributed by atoms with Crippen molar-refractivity contribution in [3.05, 3.63) is 65.2 Å². The van der Waals surface area contributed by atoms with Crippen molar-refractivity contribution >= 4 is 18.0 Å². The van der Waals surface area contributed by atoms with E-state index in [1.807, 2.05) is 30.3 Å². The van der Waals surface area contributed by atoms with Gasteiger partial charge in [-0.05, 0) is 30.7 Å². The number of carbonyl (C=O) groups excluding carboxylic acids is 2. The van der Waals surface area contributed by atoms with E-state index in [0.29, 0.717) is 5.56 Å². The van der Waals surface area contributed by atoms with Crippen molar-refractivity contribution in [2.75, 3.05) is 35.5 Å². The minimum Gasteiger partial charge on any atom is -0.504 e. The summed E-state index contributed by atoms with van der Waals surface area (Å²) in [6, 6.07) is 12.2. The third-order valence-electron chi connectivity index (χ3n) is 8.02.